The fourth-order valence-electron chi connectivity index (χ4n) is 4.04. The summed E-state index contributed by atoms with van der Waals surface area (Å²) >= 11 is 0. The van der Waals surface area contributed by atoms with Crippen molar-refractivity contribution in [2.24, 2.45) is 17.8 Å². The van der Waals surface area contributed by atoms with Gasteiger partial charge in [0, 0.05) is 0 Å². The Labute approximate surface area is 81.4 Å². The molecule has 0 aliphatic heterocycles. The minimum atomic E-state index is 1.04. The molecule has 3 aliphatic carbocycles. The van der Waals surface area contributed by atoms with Gasteiger partial charge < -0.3 is 0 Å². The van der Waals surface area contributed by atoms with Crippen LogP contribution in [0.25, 0.3) is 0 Å². The molecular formula is C13H20. The van der Waals surface area contributed by atoms with E-state index in [-0.39, 0.29) is 0 Å². The summed E-state index contributed by atoms with van der Waals surface area (Å²) in [5.41, 5.74) is 1.86. The molecule has 3 atom stereocenters. The van der Waals surface area contributed by atoms with E-state index in [1.807, 2.05) is 5.57 Å². The van der Waals surface area contributed by atoms with E-state index in [2.05, 4.69) is 6.08 Å². The number of hydrogen-bond acceptors (Lipinski definition) is 0. The maximum atomic E-state index is 2.57. The SMILES string of the molecule is C1=C2CCC3CCCC3C2CCC1. The maximum absolute atomic E-state index is 2.57. The van der Waals surface area contributed by atoms with Crippen molar-refractivity contribution in [3.63, 3.8) is 0 Å². The van der Waals surface area contributed by atoms with Crippen molar-refractivity contribution in [1.82, 2.24) is 0 Å². The largest absolute Gasteiger partial charge is 0.0850 e. The van der Waals surface area contributed by atoms with Crippen LogP contribution < -0.4 is 0 Å². The van der Waals surface area contributed by atoms with Crippen LogP contribution in [0.2, 0.25) is 0 Å². The van der Waals surface area contributed by atoms with Gasteiger partial charge in [0.25, 0.3) is 0 Å². The predicted molar refractivity (Wildman–Crippen MR) is 55.5 cm³/mol. The second kappa shape index (κ2) is 3.15. The van der Waals surface area contributed by atoms with Crippen LogP contribution in [0, 0.1) is 17.8 Å². The second-order valence-corrected chi connectivity index (χ2v) is 5.21. The van der Waals surface area contributed by atoms with E-state index in [0.717, 1.165) is 17.8 Å². The first-order chi connectivity index (χ1) is 6.45. The Balaban J connectivity index is 1.86. The van der Waals surface area contributed by atoms with Gasteiger partial charge in [-0.15, -0.1) is 0 Å². The van der Waals surface area contributed by atoms with E-state index < -0.39 is 0 Å². The van der Waals surface area contributed by atoms with Crippen LogP contribution >= 0.6 is 0 Å². The molecule has 0 nitrogen and oxygen atoms in total. The predicted octanol–water partition coefficient (Wildman–Crippen LogP) is 3.92. The van der Waals surface area contributed by atoms with E-state index in [1.54, 1.807) is 12.8 Å². The summed E-state index contributed by atoms with van der Waals surface area (Å²) in [6.07, 6.45) is 14.5. The molecule has 2 fully saturated rings. The lowest BCUT2D eigenvalue weighted by molar-refractivity contribution is 0.217. The molecule has 72 valence electrons. The van der Waals surface area contributed by atoms with Crippen molar-refractivity contribution in [3.05, 3.63) is 11.6 Å². The highest BCUT2D eigenvalue weighted by Gasteiger charge is 2.38. The van der Waals surface area contributed by atoms with Crippen LogP contribution in [0.5, 0.6) is 0 Å². The summed E-state index contributed by atoms with van der Waals surface area (Å²) in [6.45, 7) is 0. The molecule has 0 spiro atoms. The molecule has 0 bridgehead atoms. The molecule has 0 heterocycles. The number of rotatable bonds is 0. The standard InChI is InChI=1S/C13H20/c1-2-6-12-10(4-1)8-9-11-5-3-7-13(11)12/h4,11-13H,1-3,5-9H2. The molecular weight excluding hydrogens is 156 g/mol. The second-order valence-electron chi connectivity index (χ2n) is 5.21. The lowest BCUT2D eigenvalue weighted by Crippen LogP contribution is -2.27. The Kier molecular flexibility index (Phi) is 1.96. The zero-order valence-electron chi connectivity index (χ0n) is 8.47. The number of allylic oxidation sites excluding steroid dienone is 2. The zero-order valence-corrected chi connectivity index (χ0v) is 8.47. The zero-order chi connectivity index (χ0) is 8.67. The molecule has 0 aromatic rings. The third-order valence-electron chi connectivity index (χ3n) is 4.64. The summed E-state index contributed by atoms with van der Waals surface area (Å²) in [5.74, 6) is 3.27. The molecule has 3 unspecified atom stereocenters. The summed E-state index contributed by atoms with van der Waals surface area (Å²) in [6, 6.07) is 0. The lowest BCUT2D eigenvalue weighted by Gasteiger charge is -2.38. The average molecular weight is 176 g/mol. The normalized spacial score (nSPS) is 43.7. The highest BCUT2D eigenvalue weighted by molar-refractivity contribution is 5.15. The minimum Gasteiger partial charge on any atom is -0.0850 e. The van der Waals surface area contributed by atoms with Gasteiger partial charge in [0.1, 0.15) is 0 Å². The van der Waals surface area contributed by atoms with Gasteiger partial charge in [-0.2, -0.15) is 0 Å². The van der Waals surface area contributed by atoms with Crippen LogP contribution in [-0.2, 0) is 0 Å². The monoisotopic (exact) mass is 176 g/mol. The van der Waals surface area contributed by atoms with Crippen LogP contribution in [0.4, 0.5) is 0 Å². The first kappa shape index (κ1) is 8.08. The fraction of sp³-hybridized carbons (Fsp3) is 0.846. The first-order valence-electron chi connectivity index (χ1n) is 6.14. The van der Waals surface area contributed by atoms with Gasteiger partial charge in [-0.05, 0) is 56.3 Å². The van der Waals surface area contributed by atoms with Gasteiger partial charge in [-0.3, -0.25) is 0 Å². The van der Waals surface area contributed by atoms with Gasteiger partial charge >= 0.3 is 0 Å². The Morgan fingerprint density at radius 2 is 2.00 bits per heavy atom. The molecule has 2 saturated carbocycles. The Morgan fingerprint density at radius 1 is 1.00 bits per heavy atom. The van der Waals surface area contributed by atoms with Crippen molar-refractivity contribution in [1.29, 1.82) is 0 Å². The highest BCUT2D eigenvalue weighted by Crippen LogP contribution is 2.50. The molecule has 3 aliphatic rings. The number of hydrogen-bond donors (Lipinski definition) is 0. The molecule has 0 amide bonds. The molecule has 0 N–H and O–H groups in total. The third kappa shape index (κ3) is 1.26. The fourth-order valence-corrected chi connectivity index (χ4v) is 4.04. The smallest absolute Gasteiger partial charge is 0.0172 e. The van der Waals surface area contributed by atoms with Crippen molar-refractivity contribution >= 4 is 0 Å². The molecule has 13 heavy (non-hydrogen) atoms. The summed E-state index contributed by atoms with van der Waals surface area (Å²) in [4.78, 5) is 0. The van der Waals surface area contributed by atoms with Gasteiger partial charge in [-0.1, -0.05) is 24.5 Å². The van der Waals surface area contributed by atoms with Crippen LogP contribution in [0.1, 0.15) is 51.4 Å². The van der Waals surface area contributed by atoms with E-state index in [1.165, 1.54) is 38.5 Å². The molecule has 0 radical (unpaired) electrons. The number of fused-ring (bicyclic) bond motifs is 3. The molecule has 0 saturated heterocycles. The van der Waals surface area contributed by atoms with E-state index >= 15 is 0 Å². The van der Waals surface area contributed by atoms with Gasteiger partial charge in [-0.25, -0.2) is 0 Å². The van der Waals surface area contributed by atoms with Crippen molar-refractivity contribution in [3.8, 4) is 0 Å². The quantitative estimate of drug-likeness (QED) is 0.491. The minimum absolute atomic E-state index is 1.04. The van der Waals surface area contributed by atoms with Crippen LogP contribution in [0.3, 0.4) is 0 Å². The first-order valence-corrected chi connectivity index (χ1v) is 6.14. The summed E-state index contributed by atoms with van der Waals surface area (Å²) in [7, 11) is 0. The van der Waals surface area contributed by atoms with E-state index in [0.29, 0.717) is 0 Å². The molecule has 0 heteroatoms. The Hall–Kier alpha value is -0.260. The van der Waals surface area contributed by atoms with Gasteiger partial charge in [0.15, 0.2) is 0 Å². The van der Waals surface area contributed by atoms with Gasteiger partial charge in [0.05, 0.1) is 0 Å². The van der Waals surface area contributed by atoms with Crippen LogP contribution in [0.15, 0.2) is 11.6 Å². The van der Waals surface area contributed by atoms with Crippen molar-refractivity contribution in [2.75, 3.05) is 0 Å². The van der Waals surface area contributed by atoms with E-state index in [4.69, 9.17) is 0 Å². The molecule has 0 aromatic heterocycles. The molecule has 3 rings (SSSR count). The average Bonchev–Trinajstić information content (AvgIpc) is 2.65. The summed E-state index contributed by atoms with van der Waals surface area (Å²) in [5, 5.41) is 0. The lowest BCUT2D eigenvalue weighted by atomic mass is 9.67. The summed E-state index contributed by atoms with van der Waals surface area (Å²) < 4.78 is 0. The van der Waals surface area contributed by atoms with Crippen molar-refractivity contribution < 1.29 is 0 Å². The van der Waals surface area contributed by atoms with Crippen molar-refractivity contribution in [2.45, 2.75) is 51.4 Å². The highest BCUT2D eigenvalue weighted by atomic mass is 14.4. The third-order valence-corrected chi connectivity index (χ3v) is 4.64. The Bertz CT molecular complexity index is 226. The van der Waals surface area contributed by atoms with Crippen LogP contribution in [-0.4, -0.2) is 0 Å². The topological polar surface area (TPSA) is 0 Å². The van der Waals surface area contributed by atoms with E-state index in [9.17, 15) is 0 Å². The maximum Gasteiger partial charge on any atom is -0.0172 e. The Morgan fingerprint density at radius 3 is 3.00 bits per heavy atom. The van der Waals surface area contributed by atoms with Gasteiger partial charge in [0.2, 0.25) is 0 Å². The molecule has 0 aromatic carbocycles.